The number of amides is 1. The van der Waals surface area contributed by atoms with Crippen LogP contribution in [0.1, 0.15) is 16.7 Å². The van der Waals surface area contributed by atoms with Gasteiger partial charge in [-0.15, -0.1) is 0 Å². The zero-order valence-electron chi connectivity index (χ0n) is 11.9. The Balaban J connectivity index is 1.92. The van der Waals surface area contributed by atoms with Gasteiger partial charge in [-0.05, 0) is 29.8 Å². The second-order valence-electron chi connectivity index (χ2n) is 4.76. The first kappa shape index (κ1) is 16.7. The molecule has 6 heteroatoms. The number of carbonyl (C=O) groups is 1. The van der Waals surface area contributed by atoms with Crippen molar-refractivity contribution in [3.05, 3.63) is 77.1 Å². The monoisotopic (exact) mass is 323 g/mol. The number of halogens is 4. The first-order chi connectivity index (χ1) is 10.9. The molecule has 2 aromatic carbocycles. The van der Waals surface area contributed by atoms with Crippen molar-refractivity contribution in [1.29, 1.82) is 0 Å². The molecule has 0 aliphatic heterocycles. The number of benzene rings is 2. The predicted molar refractivity (Wildman–Crippen MR) is 78.7 cm³/mol. The van der Waals surface area contributed by atoms with Crippen LogP contribution in [0.3, 0.4) is 0 Å². The molecule has 0 aromatic heterocycles. The molecule has 2 rings (SSSR count). The van der Waals surface area contributed by atoms with E-state index in [1.807, 2.05) is 0 Å². The molecule has 23 heavy (non-hydrogen) atoms. The highest BCUT2D eigenvalue weighted by Gasteiger charge is 2.29. The number of rotatable bonds is 4. The summed E-state index contributed by atoms with van der Waals surface area (Å²) in [6.45, 7) is 0.0306. The molecule has 0 bridgehead atoms. The smallest absolute Gasteiger partial charge is 0.348 e. The fourth-order valence-electron chi connectivity index (χ4n) is 1.84. The molecule has 120 valence electrons. The summed E-state index contributed by atoms with van der Waals surface area (Å²) in [5, 5.41) is 2.50. The van der Waals surface area contributed by atoms with E-state index < -0.39 is 23.5 Å². The molecule has 2 aromatic rings. The average Bonchev–Trinajstić information content (AvgIpc) is 2.51. The third kappa shape index (κ3) is 4.95. The van der Waals surface area contributed by atoms with Crippen molar-refractivity contribution < 1.29 is 22.4 Å². The molecule has 1 amide bonds. The Bertz CT molecular complexity index is 705. The number of hydrogen-bond donors (Lipinski definition) is 1. The number of hydrogen-bond acceptors (Lipinski definition) is 1. The van der Waals surface area contributed by atoms with Gasteiger partial charge in [-0.1, -0.05) is 30.3 Å². The van der Waals surface area contributed by atoms with Crippen molar-refractivity contribution in [3.8, 4) is 0 Å². The van der Waals surface area contributed by atoms with E-state index in [0.717, 1.165) is 12.1 Å². The Labute approximate surface area is 130 Å². The molecule has 0 aliphatic carbocycles. The van der Waals surface area contributed by atoms with Crippen LogP contribution in [0.4, 0.5) is 17.6 Å². The summed E-state index contributed by atoms with van der Waals surface area (Å²) in [5.41, 5.74) is 0.0569. The fraction of sp³-hybridized carbons (Fsp3) is 0.118. The van der Waals surface area contributed by atoms with E-state index in [4.69, 9.17) is 0 Å². The van der Waals surface area contributed by atoms with Crippen LogP contribution in [0.15, 0.2) is 54.6 Å². The van der Waals surface area contributed by atoms with Crippen molar-refractivity contribution in [2.45, 2.75) is 12.7 Å². The molecule has 0 heterocycles. The maximum atomic E-state index is 13.4. The van der Waals surface area contributed by atoms with E-state index in [0.29, 0.717) is 11.1 Å². The SMILES string of the molecule is O=C(/C=C/c1ccc(C(F)(F)F)cc1)NCc1ccccc1F. The number of carbonyl (C=O) groups excluding carboxylic acids is 1. The quantitative estimate of drug-likeness (QED) is 0.664. The van der Waals surface area contributed by atoms with Crippen LogP contribution in [-0.2, 0) is 17.5 Å². The summed E-state index contributed by atoms with van der Waals surface area (Å²) in [6, 6.07) is 10.5. The minimum Gasteiger partial charge on any atom is -0.348 e. The lowest BCUT2D eigenvalue weighted by Gasteiger charge is -2.06. The zero-order chi connectivity index (χ0) is 16.9. The maximum Gasteiger partial charge on any atom is 0.416 e. The molecule has 2 nitrogen and oxygen atoms in total. The molecular weight excluding hydrogens is 310 g/mol. The van der Waals surface area contributed by atoms with Gasteiger partial charge in [0.15, 0.2) is 0 Å². The van der Waals surface area contributed by atoms with Gasteiger partial charge in [0, 0.05) is 18.2 Å². The van der Waals surface area contributed by atoms with Crippen LogP contribution in [0.25, 0.3) is 6.08 Å². The van der Waals surface area contributed by atoms with Gasteiger partial charge >= 0.3 is 6.18 Å². The maximum absolute atomic E-state index is 13.4. The molecule has 1 N–H and O–H groups in total. The topological polar surface area (TPSA) is 29.1 Å². The van der Waals surface area contributed by atoms with Crippen molar-refractivity contribution in [1.82, 2.24) is 5.32 Å². The summed E-state index contributed by atoms with van der Waals surface area (Å²) >= 11 is 0. The van der Waals surface area contributed by atoms with Crippen LogP contribution < -0.4 is 5.32 Å². The molecule has 0 unspecified atom stereocenters. The number of nitrogens with one attached hydrogen (secondary N) is 1. The standard InChI is InChI=1S/C17H13F4NO/c18-15-4-2-1-3-13(15)11-22-16(23)10-7-12-5-8-14(9-6-12)17(19,20)21/h1-10H,11H2,(H,22,23)/b10-7+. The average molecular weight is 323 g/mol. The van der Waals surface area contributed by atoms with Crippen LogP contribution in [0.5, 0.6) is 0 Å². The molecule has 0 saturated carbocycles. The van der Waals surface area contributed by atoms with Gasteiger partial charge in [-0.3, -0.25) is 4.79 Å². The molecule has 0 atom stereocenters. The van der Waals surface area contributed by atoms with Crippen molar-refractivity contribution in [2.24, 2.45) is 0 Å². The van der Waals surface area contributed by atoms with E-state index in [1.54, 1.807) is 18.2 Å². The highest BCUT2D eigenvalue weighted by Crippen LogP contribution is 2.29. The lowest BCUT2D eigenvalue weighted by atomic mass is 10.1. The van der Waals surface area contributed by atoms with Gasteiger partial charge < -0.3 is 5.32 Å². The first-order valence-electron chi connectivity index (χ1n) is 6.73. The third-order valence-corrected chi connectivity index (χ3v) is 3.08. The minimum atomic E-state index is -4.39. The second kappa shape index (κ2) is 7.09. The van der Waals surface area contributed by atoms with E-state index >= 15 is 0 Å². The van der Waals surface area contributed by atoms with E-state index in [9.17, 15) is 22.4 Å². The minimum absolute atomic E-state index is 0.0306. The lowest BCUT2D eigenvalue weighted by Crippen LogP contribution is -2.20. The van der Waals surface area contributed by atoms with E-state index in [1.165, 1.54) is 30.4 Å². The van der Waals surface area contributed by atoms with Crippen LogP contribution in [-0.4, -0.2) is 5.91 Å². The van der Waals surface area contributed by atoms with Gasteiger partial charge in [0.1, 0.15) is 5.82 Å². The van der Waals surface area contributed by atoms with Crippen LogP contribution >= 0.6 is 0 Å². The Morgan fingerprint density at radius 3 is 2.30 bits per heavy atom. The zero-order valence-corrected chi connectivity index (χ0v) is 11.9. The molecule has 0 saturated heterocycles. The molecular formula is C17H13F4NO. The summed E-state index contributed by atoms with van der Waals surface area (Å²) in [5.74, 6) is -0.882. The van der Waals surface area contributed by atoms with Crippen molar-refractivity contribution >= 4 is 12.0 Å². The summed E-state index contributed by atoms with van der Waals surface area (Å²) in [6.07, 6.45) is -1.82. The van der Waals surface area contributed by atoms with Gasteiger partial charge in [0.05, 0.1) is 5.56 Å². The van der Waals surface area contributed by atoms with Gasteiger partial charge in [-0.25, -0.2) is 4.39 Å². The largest absolute Gasteiger partial charge is 0.416 e. The molecule has 0 aliphatic rings. The van der Waals surface area contributed by atoms with Crippen molar-refractivity contribution in [3.63, 3.8) is 0 Å². The van der Waals surface area contributed by atoms with E-state index in [-0.39, 0.29) is 6.54 Å². The van der Waals surface area contributed by atoms with Gasteiger partial charge in [0.25, 0.3) is 0 Å². The van der Waals surface area contributed by atoms with E-state index in [2.05, 4.69) is 5.32 Å². The Morgan fingerprint density at radius 2 is 1.70 bits per heavy atom. The number of alkyl halides is 3. The van der Waals surface area contributed by atoms with Crippen molar-refractivity contribution in [2.75, 3.05) is 0 Å². The Morgan fingerprint density at radius 1 is 1.04 bits per heavy atom. The first-order valence-corrected chi connectivity index (χ1v) is 6.73. The highest BCUT2D eigenvalue weighted by atomic mass is 19.4. The molecule has 0 spiro atoms. The lowest BCUT2D eigenvalue weighted by molar-refractivity contribution is -0.137. The van der Waals surface area contributed by atoms with Gasteiger partial charge in [0.2, 0.25) is 5.91 Å². The molecule has 0 radical (unpaired) electrons. The Kier molecular flexibility index (Phi) is 5.16. The Hall–Kier alpha value is -2.63. The predicted octanol–water partition coefficient (Wildman–Crippen LogP) is 4.17. The summed E-state index contributed by atoms with van der Waals surface area (Å²) in [4.78, 5) is 11.6. The fourth-order valence-corrected chi connectivity index (χ4v) is 1.84. The molecule has 0 fully saturated rings. The van der Waals surface area contributed by atoms with Crippen LogP contribution in [0.2, 0.25) is 0 Å². The van der Waals surface area contributed by atoms with Crippen LogP contribution in [0, 0.1) is 5.82 Å². The second-order valence-corrected chi connectivity index (χ2v) is 4.76. The third-order valence-electron chi connectivity index (χ3n) is 3.08. The summed E-state index contributed by atoms with van der Waals surface area (Å²) in [7, 11) is 0. The summed E-state index contributed by atoms with van der Waals surface area (Å²) < 4.78 is 50.6. The van der Waals surface area contributed by atoms with Gasteiger partial charge in [-0.2, -0.15) is 13.2 Å². The normalized spacial score (nSPS) is 11.7. The highest BCUT2D eigenvalue weighted by molar-refractivity contribution is 5.91.